The van der Waals surface area contributed by atoms with Gasteiger partial charge in [0.25, 0.3) is 0 Å². The van der Waals surface area contributed by atoms with E-state index in [1.807, 2.05) is 30.3 Å². The number of benzene rings is 1. The van der Waals surface area contributed by atoms with Crippen LogP contribution in [0, 0.1) is 0 Å². The maximum atomic E-state index is 9.38. The first-order chi connectivity index (χ1) is 10.3. The SMILES string of the molecule is COCO[C@@H](CO)[C@H](COCc1ccccc1)OCOC. The van der Waals surface area contributed by atoms with Crippen molar-refractivity contribution in [3.63, 3.8) is 0 Å². The van der Waals surface area contributed by atoms with Crippen LogP contribution in [0.4, 0.5) is 0 Å². The van der Waals surface area contributed by atoms with E-state index in [1.54, 1.807) is 0 Å². The monoisotopic (exact) mass is 300 g/mol. The van der Waals surface area contributed by atoms with E-state index in [1.165, 1.54) is 14.2 Å². The number of aliphatic hydroxyl groups excluding tert-OH is 1. The van der Waals surface area contributed by atoms with Gasteiger partial charge in [0, 0.05) is 14.2 Å². The van der Waals surface area contributed by atoms with Crippen LogP contribution < -0.4 is 0 Å². The second kappa shape index (κ2) is 11.6. The second-order valence-electron chi connectivity index (χ2n) is 4.41. The summed E-state index contributed by atoms with van der Waals surface area (Å²) in [6.07, 6.45) is -0.968. The van der Waals surface area contributed by atoms with Crippen LogP contribution in [0.3, 0.4) is 0 Å². The van der Waals surface area contributed by atoms with Crippen LogP contribution in [0.2, 0.25) is 0 Å². The average molecular weight is 300 g/mol. The summed E-state index contributed by atoms with van der Waals surface area (Å²) in [6.45, 7) is 0.749. The highest BCUT2D eigenvalue weighted by Crippen LogP contribution is 2.08. The Morgan fingerprint density at radius 1 is 0.952 bits per heavy atom. The van der Waals surface area contributed by atoms with Crippen molar-refractivity contribution in [3.05, 3.63) is 35.9 Å². The van der Waals surface area contributed by atoms with Crippen molar-refractivity contribution in [2.24, 2.45) is 0 Å². The number of methoxy groups -OCH3 is 2. The summed E-state index contributed by atoms with van der Waals surface area (Å²) < 4.78 is 26.2. The normalized spacial score (nSPS) is 14.0. The lowest BCUT2D eigenvalue weighted by Crippen LogP contribution is -2.39. The molecule has 0 heterocycles. The quantitative estimate of drug-likeness (QED) is 0.585. The van der Waals surface area contributed by atoms with Crippen molar-refractivity contribution < 1.29 is 28.8 Å². The number of aliphatic hydroxyl groups is 1. The van der Waals surface area contributed by atoms with Crippen LogP contribution in [-0.2, 0) is 30.3 Å². The third-order valence-corrected chi connectivity index (χ3v) is 2.79. The molecule has 1 aromatic carbocycles. The summed E-state index contributed by atoms with van der Waals surface area (Å²) in [5.41, 5.74) is 1.07. The molecular weight excluding hydrogens is 276 g/mol. The first-order valence-electron chi connectivity index (χ1n) is 6.75. The van der Waals surface area contributed by atoms with Gasteiger partial charge in [-0.2, -0.15) is 0 Å². The summed E-state index contributed by atoms with van der Waals surface area (Å²) in [6, 6.07) is 9.83. The van der Waals surface area contributed by atoms with Gasteiger partial charge in [0.15, 0.2) is 0 Å². The van der Waals surface area contributed by atoms with E-state index in [4.69, 9.17) is 23.7 Å². The van der Waals surface area contributed by atoms with Gasteiger partial charge in [-0.25, -0.2) is 0 Å². The molecule has 0 aliphatic carbocycles. The maximum Gasteiger partial charge on any atom is 0.146 e. The van der Waals surface area contributed by atoms with E-state index < -0.39 is 12.2 Å². The number of rotatable bonds is 12. The van der Waals surface area contributed by atoms with Crippen LogP contribution in [-0.4, -0.2) is 58.3 Å². The van der Waals surface area contributed by atoms with Gasteiger partial charge in [0.2, 0.25) is 0 Å². The standard InChI is InChI=1S/C15H24O6/c1-17-11-20-14(8-16)15(21-12-18-2)10-19-9-13-6-4-3-5-7-13/h3-7,14-16H,8-12H2,1-2H3/t14-,15-/m0/s1. The molecule has 6 heteroatoms. The lowest BCUT2D eigenvalue weighted by atomic mass is 10.2. The van der Waals surface area contributed by atoms with Gasteiger partial charge in [-0.15, -0.1) is 0 Å². The molecule has 0 aromatic heterocycles. The Labute approximate surface area is 125 Å². The molecule has 6 nitrogen and oxygen atoms in total. The van der Waals surface area contributed by atoms with Crippen LogP contribution in [0.1, 0.15) is 5.56 Å². The second-order valence-corrected chi connectivity index (χ2v) is 4.41. The van der Waals surface area contributed by atoms with Gasteiger partial charge < -0.3 is 28.8 Å². The van der Waals surface area contributed by atoms with Gasteiger partial charge in [0.1, 0.15) is 25.8 Å². The smallest absolute Gasteiger partial charge is 0.146 e. The number of hydrogen-bond donors (Lipinski definition) is 1. The molecule has 0 saturated carbocycles. The molecule has 1 aromatic rings. The summed E-state index contributed by atoms with van der Waals surface area (Å²) in [7, 11) is 3.05. The summed E-state index contributed by atoms with van der Waals surface area (Å²) >= 11 is 0. The van der Waals surface area contributed by atoms with E-state index in [2.05, 4.69) is 0 Å². The Bertz CT molecular complexity index is 345. The van der Waals surface area contributed by atoms with E-state index in [-0.39, 0.29) is 26.8 Å². The van der Waals surface area contributed by atoms with Crippen molar-refractivity contribution in [3.8, 4) is 0 Å². The van der Waals surface area contributed by atoms with Gasteiger partial charge in [0.05, 0.1) is 19.8 Å². The molecule has 0 amide bonds. The lowest BCUT2D eigenvalue weighted by molar-refractivity contribution is -0.182. The maximum absolute atomic E-state index is 9.38. The van der Waals surface area contributed by atoms with E-state index in [9.17, 15) is 5.11 Å². The molecule has 0 radical (unpaired) electrons. The van der Waals surface area contributed by atoms with E-state index in [0.717, 1.165) is 5.56 Å². The fraction of sp³-hybridized carbons (Fsp3) is 0.600. The van der Waals surface area contributed by atoms with Gasteiger partial charge in [-0.05, 0) is 5.56 Å². The Balaban J connectivity index is 2.43. The number of hydrogen-bond acceptors (Lipinski definition) is 6. The largest absolute Gasteiger partial charge is 0.394 e. The first kappa shape index (κ1) is 18.0. The van der Waals surface area contributed by atoms with Crippen molar-refractivity contribution in [2.45, 2.75) is 18.8 Å². The summed E-state index contributed by atoms with van der Waals surface area (Å²) in [4.78, 5) is 0. The predicted octanol–water partition coefficient (Wildman–Crippen LogP) is 1.17. The van der Waals surface area contributed by atoms with Crippen LogP contribution in [0.15, 0.2) is 30.3 Å². The zero-order chi connectivity index (χ0) is 15.3. The van der Waals surface area contributed by atoms with Crippen molar-refractivity contribution >= 4 is 0 Å². The molecule has 1 N–H and O–H groups in total. The summed E-state index contributed by atoms with van der Waals surface area (Å²) in [5.74, 6) is 0. The average Bonchev–Trinajstić information content (AvgIpc) is 2.53. The molecule has 0 unspecified atom stereocenters. The highest BCUT2D eigenvalue weighted by atomic mass is 16.7. The van der Waals surface area contributed by atoms with Crippen molar-refractivity contribution in [1.29, 1.82) is 0 Å². The molecule has 21 heavy (non-hydrogen) atoms. The van der Waals surface area contributed by atoms with Gasteiger partial charge >= 0.3 is 0 Å². The molecular formula is C15H24O6. The third-order valence-electron chi connectivity index (χ3n) is 2.79. The molecule has 120 valence electrons. The molecule has 0 aliphatic rings. The minimum Gasteiger partial charge on any atom is -0.394 e. The van der Waals surface area contributed by atoms with Crippen LogP contribution >= 0.6 is 0 Å². The third kappa shape index (κ3) is 7.52. The Morgan fingerprint density at radius 3 is 2.14 bits per heavy atom. The van der Waals surface area contributed by atoms with E-state index in [0.29, 0.717) is 6.61 Å². The minimum atomic E-state index is -0.532. The highest BCUT2D eigenvalue weighted by Gasteiger charge is 2.23. The first-order valence-corrected chi connectivity index (χ1v) is 6.75. The summed E-state index contributed by atoms with van der Waals surface area (Å²) in [5, 5.41) is 9.38. The highest BCUT2D eigenvalue weighted by molar-refractivity contribution is 5.13. The molecule has 0 bridgehead atoms. The zero-order valence-electron chi connectivity index (χ0n) is 12.6. The van der Waals surface area contributed by atoms with Crippen LogP contribution in [0.25, 0.3) is 0 Å². The Morgan fingerprint density at radius 2 is 1.57 bits per heavy atom. The van der Waals surface area contributed by atoms with Crippen LogP contribution in [0.5, 0.6) is 0 Å². The number of ether oxygens (including phenoxy) is 5. The minimum absolute atomic E-state index is 0.0801. The molecule has 0 aliphatic heterocycles. The Kier molecular flexibility index (Phi) is 9.98. The Hall–Kier alpha value is -1.02. The molecule has 0 saturated heterocycles. The molecule has 0 fully saturated rings. The fourth-order valence-corrected chi connectivity index (χ4v) is 1.72. The van der Waals surface area contributed by atoms with E-state index >= 15 is 0 Å². The molecule has 2 atom stereocenters. The van der Waals surface area contributed by atoms with Gasteiger partial charge in [-0.1, -0.05) is 30.3 Å². The zero-order valence-corrected chi connectivity index (χ0v) is 12.6. The lowest BCUT2D eigenvalue weighted by Gasteiger charge is -2.25. The van der Waals surface area contributed by atoms with Gasteiger partial charge in [-0.3, -0.25) is 0 Å². The topological polar surface area (TPSA) is 66.4 Å². The molecule has 1 rings (SSSR count). The molecule has 0 spiro atoms. The fourth-order valence-electron chi connectivity index (χ4n) is 1.72. The van der Waals surface area contributed by atoms with Crippen molar-refractivity contribution in [1.82, 2.24) is 0 Å². The predicted molar refractivity (Wildman–Crippen MR) is 76.7 cm³/mol. The van der Waals surface area contributed by atoms with Crippen molar-refractivity contribution in [2.75, 3.05) is 41.0 Å².